The standard InChI is InChI=1S/C20H29I2N2/c1-14-13-23-11-9-18-19(12-15(2)24-20(14)18)17(8-10-22-21)16-6-4-3-5-7-16/h12-13,16-18H,3-11H2,1-2H3/q-1. The van der Waals surface area contributed by atoms with Crippen molar-refractivity contribution in [2.75, 3.05) is 11.0 Å². The van der Waals surface area contributed by atoms with E-state index in [9.17, 15) is 0 Å². The number of allylic oxidation sites excluding steroid dienone is 3. The molecule has 0 spiro atoms. The molecule has 0 saturated heterocycles. The second-order valence-corrected chi connectivity index (χ2v) is 12.9. The van der Waals surface area contributed by atoms with E-state index < -0.39 is 0 Å². The Morgan fingerprint density at radius 1 is 1.21 bits per heavy atom. The van der Waals surface area contributed by atoms with Gasteiger partial charge in [0.05, 0.1) is 0 Å². The van der Waals surface area contributed by atoms with Gasteiger partial charge < -0.3 is 0 Å². The third-order valence-electron chi connectivity index (χ3n) is 5.78. The Morgan fingerprint density at radius 2 is 2.00 bits per heavy atom. The van der Waals surface area contributed by atoms with Crippen molar-refractivity contribution in [3.63, 3.8) is 0 Å². The molecule has 3 aliphatic rings. The van der Waals surface area contributed by atoms with Crippen LogP contribution in [-0.2, 0) is 0 Å². The van der Waals surface area contributed by atoms with Crippen molar-refractivity contribution in [1.29, 1.82) is 0 Å². The van der Waals surface area contributed by atoms with Gasteiger partial charge in [-0.3, -0.25) is 0 Å². The van der Waals surface area contributed by atoms with Gasteiger partial charge in [0.15, 0.2) is 0 Å². The van der Waals surface area contributed by atoms with E-state index in [1.165, 1.54) is 59.9 Å². The van der Waals surface area contributed by atoms with Crippen molar-refractivity contribution in [3.8, 4) is 0 Å². The van der Waals surface area contributed by atoms with Gasteiger partial charge in [-0.15, -0.1) is 0 Å². The number of fused-ring (bicyclic) bond motifs is 1. The number of halogens is 2. The number of hydrogen-bond donors (Lipinski definition) is 0. The van der Waals surface area contributed by atoms with Gasteiger partial charge in [0.25, 0.3) is 0 Å². The van der Waals surface area contributed by atoms with Crippen LogP contribution in [-0.4, -0.2) is 22.9 Å². The molecular weight excluding hydrogens is 522 g/mol. The summed E-state index contributed by atoms with van der Waals surface area (Å²) in [7, 11) is 0. The topological polar surface area (TPSA) is 24.7 Å². The van der Waals surface area contributed by atoms with Crippen LogP contribution in [0, 0.1) is 17.8 Å². The number of alkyl halides is 1. The minimum atomic E-state index is 0.359. The van der Waals surface area contributed by atoms with Gasteiger partial charge in [-0.05, 0) is 0 Å². The molecule has 0 aromatic heterocycles. The SMILES string of the molecule is CC1=NC2=C(C)C=NCCC2C(C(CC[I-]I)C2CCCCC2)=C1. The molecule has 0 N–H and O–H groups in total. The van der Waals surface area contributed by atoms with E-state index in [2.05, 4.69) is 49.7 Å². The molecule has 0 bridgehead atoms. The van der Waals surface area contributed by atoms with Crippen LogP contribution < -0.4 is 17.2 Å². The van der Waals surface area contributed by atoms with E-state index in [4.69, 9.17) is 4.99 Å². The first-order chi connectivity index (χ1) is 11.7. The summed E-state index contributed by atoms with van der Waals surface area (Å²) in [4.78, 5) is 9.53. The van der Waals surface area contributed by atoms with Crippen molar-refractivity contribution in [2.45, 2.75) is 58.8 Å². The number of dihydropyridines is 1. The fourth-order valence-electron chi connectivity index (χ4n) is 4.67. The normalized spacial score (nSPS) is 26.7. The number of aliphatic imine (C=N–C) groups is 2. The van der Waals surface area contributed by atoms with Crippen molar-refractivity contribution < 1.29 is 17.2 Å². The number of rotatable bonds is 5. The maximum atomic E-state index is 4.94. The molecule has 1 aliphatic carbocycles. The molecule has 2 nitrogen and oxygen atoms in total. The summed E-state index contributed by atoms with van der Waals surface area (Å²) >= 11 is 3.01. The molecule has 2 atom stereocenters. The summed E-state index contributed by atoms with van der Waals surface area (Å²) in [6.07, 6.45) is 14.3. The first kappa shape index (κ1) is 19.1. The van der Waals surface area contributed by atoms with Crippen LogP contribution in [0.5, 0.6) is 0 Å². The van der Waals surface area contributed by atoms with Gasteiger partial charge in [0.2, 0.25) is 0 Å². The summed E-state index contributed by atoms with van der Waals surface area (Å²) < 4.78 is 1.45. The fraction of sp³-hybridized carbons (Fsp3) is 0.700. The Balaban J connectivity index is 1.92. The van der Waals surface area contributed by atoms with E-state index in [-0.39, 0.29) is 0 Å². The molecule has 0 amide bonds. The van der Waals surface area contributed by atoms with Crippen molar-refractivity contribution in [3.05, 3.63) is 22.9 Å². The molecule has 0 radical (unpaired) electrons. The predicted octanol–water partition coefficient (Wildman–Crippen LogP) is 2.78. The third kappa shape index (κ3) is 4.51. The second-order valence-electron chi connectivity index (χ2n) is 7.43. The second kappa shape index (κ2) is 9.28. The van der Waals surface area contributed by atoms with E-state index in [0.29, 0.717) is 23.1 Å². The molecule has 2 heterocycles. The zero-order chi connectivity index (χ0) is 16.9. The van der Waals surface area contributed by atoms with Crippen LogP contribution in [0.15, 0.2) is 32.9 Å². The molecular formula is C20H29I2N2-. The fourth-order valence-corrected chi connectivity index (χ4v) is 7.16. The van der Waals surface area contributed by atoms with Crippen LogP contribution in [0.2, 0.25) is 0 Å². The Labute approximate surface area is 167 Å². The molecule has 2 aliphatic heterocycles. The molecule has 0 aromatic rings. The summed E-state index contributed by atoms with van der Waals surface area (Å²) in [6, 6.07) is 0. The molecule has 1 fully saturated rings. The van der Waals surface area contributed by atoms with E-state index in [1.54, 1.807) is 5.57 Å². The van der Waals surface area contributed by atoms with Gasteiger partial charge in [-0.2, -0.15) is 0 Å². The third-order valence-corrected chi connectivity index (χ3v) is 9.54. The maximum absolute atomic E-state index is 4.94. The average molecular weight is 551 g/mol. The van der Waals surface area contributed by atoms with E-state index in [0.717, 1.165) is 24.8 Å². The van der Waals surface area contributed by atoms with Gasteiger partial charge >= 0.3 is 168 Å². The molecule has 24 heavy (non-hydrogen) atoms. The Morgan fingerprint density at radius 3 is 2.75 bits per heavy atom. The van der Waals surface area contributed by atoms with Gasteiger partial charge in [0, 0.05) is 0 Å². The Bertz CT molecular complexity index is 568. The average Bonchev–Trinajstić information content (AvgIpc) is 2.78. The molecule has 0 aromatic carbocycles. The van der Waals surface area contributed by atoms with Crippen molar-refractivity contribution in [1.82, 2.24) is 0 Å². The van der Waals surface area contributed by atoms with Gasteiger partial charge in [0.1, 0.15) is 0 Å². The molecule has 4 heteroatoms. The molecule has 2 unspecified atom stereocenters. The van der Waals surface area contributed by atoms with Gasteiger partial charge in [-0.25, -0.2) is 0 Å². The number of hydrogen-bond acceptors (Lipinski definition) is 2. The number of nitrogens with zero attached hydrogens (tertiary/aromatic N) is 2. The first-order valence-corrected chi connectivity index (χ1v) is 17.2. The molecule has 134 valence electrons. The van der Waals surface area contributed by atoms with Crippen molar-refractivity contribution in [2.24, 2.45) is 27.7 Å². The summed E-state index contributed by atoms with van der Waals surface area (Å²) in [5.74, 6) is 2.22. The molecule has 3 rings (SSSR count). The zero-order valence-electron chi connectivity index (χ0n) is 14.9. The van der Waals surface area contributed by atoms with Gasteiger partial charge in [-0.1, -0.05) is 0 Å². The van der Waals surface area contributed by atoms with Crippen LogP contribution in [0.1, 0.15) is 58.8 Å². The zero-order valence-corrected chi connectivity index (χ0v) is 19.2. The summed E-state index contributed by atoms with van der Waals surface area (Å²) in [6.45, 7) is 5.33. The Kier molecular flexibility index (Phi) is 7.37. The van der Waals surface area contributed by atoms with Crippen LogP contribution in [0.25, 0.3) is 0 Å². The van der Waals surface area contributed by atoms with Crippen molar-refractivity contribution >= 4 is 30.5 Å². The monoisotopic (exact) mass is 551 g/mol. The Hall–Kier alpha value is 0.280. The molecule has 1 saturated carbocycles. The minimum absolute atomic E-state index is 0.359. The van der Waals surface area contributed by atoms with Crippen LogP contribution in [0.3, 0.4) is 0 Å². The van der Waals surface area contributed by atoms with E-state index >= 15 is 0 Å². The first-order valence-electron chi connectivity index (χ1n) is 9.38. The predicted molar refractivity (Wildman–Crippen MR) is 109 cm³/mol. The quantitative estimate of drug-likeness (QED) is 0.371. The summed E-state index contributed by atoms with van der Waals surface area (Å²) in [5.41, 5.74) is 5.52. The van der Waals surface area contributed by atoms with E-state index in [1.807, 2.05) is 0 Å². The van der Waals surface area contributed by atoms with Crippen LogP contribution in [0.4, 0.5) is 0 Å². The summed E-state index contributed by atoms with van der Waals surface area (Å²) in [5, 5.41) is 0. The van der Waals surface area contributed by atoms with Crippen LogP contribution >= 0.6 is 18.6 Å².